The molecule has 1 unspecified atom stereocenters. The summed E-state index contributed by atoms with van der Waals surface area (Å²) in [5, 5.41) is 3.43. The first-order chi connectivity index (χ1) is 10.9. The molecule has 2 rings (SSSR count). The van der Waals surface area contributed by atoms with Crippen molar-refractivity contribution in [2.75, 3.05) is 20.7 Å². The van der Waals surface area contributed by atoms with E-state index in [0.29, 0.717) is 5.56 Å². The lowest BCUT2D eigenvalue weighted by Gasteiger charge is -2.29. The number of amides is 3. The van der Waals surface area contributed by atoms with Crippen molar-refractivity contribution < 1.29 is 19.1 Å². The molecule has 1 aliphatic rings. The molecule has 1 aromatic carbocycles. The number of ether oxygens (including phenoxy) is 1. The Labute approximate surface area is 145 Å². The van der Waals surface area contributed by atoms with E-state index in [1.807, 2.05) is 0 Å². The Morgan fingerprint density at radius 3 is 2.42 bits per heavy atom. The first-order valence-electron chi connectivity index (χ1n) is 6.86. The summed E-state index contributed by atoms with van der Waals surface area (Å²) in [6.45, 7) is 1.22. The third-order valence-corrected chi connectivity index (χ3v) is 4.06. The van der Waals surface area contributed by atoms with E-state index in [1.54, 1.807) is 31.2 Å². The lowest BCUT2D eigenvalue weighted by molar-refractivity contribution is -0.145. The fourth-order valence-electron chi connectivity index (χ4n) is 2.50. The van der Waals surface area contributed by atoms with Gasteiger partial charge in [0.15, 0.2) is 0 Å². The largest absolute Gasteiger partial charge is 0.468 e. The highest BCUT2D eigenvalue weighted by atomic mass is 35.5. The zero-order valence-electron chi connectivity index (χ0n) is 13.6. The van der Waals surface area contributed by atoms with Gasteiger partial charge in [-0.1, -0.05) is 24.3 Å². The van der Waals surface area contributed by atoms with Crippen LogP contribution in [0.1, 0.15) is 18.1 Å². The fourth-order valence-corrected chi connectivity index (χ4v) is 2.50. The summed E-state index contributed by atoms with van der Waals surface area (Å²) in [7, 11) is 2.72. The third kappa shape index (κ3) is 3.05. The lowest BCUT2D eigenvalue weighted by Crippen LogP contribution is -2.42. The molecule has 0 bridgehead atoms. The van der Waals surface area contributed by atoms with E-state index in [2.05, 4.69) is 9.84 Å². The first kappa shape index (κ1) is 19.4. The second kappa shape index (κ2) is 7.31. The van der Waals surface area contributed by atoms with E-state index in [-0.39, 0.29) is 12.4 Å². The normalized spacial score (nSPS) is 20.5. The van der Waals surface area contributed by atoms with Gasteiger partial charge >= 0.3 is 12.0 Å². The number of urea groups is 1. The molecule has 24 heavy (non-hydrogen) atoms. The van der Waals surface area contributed by atoms with Crippen molar-refractivity contribution in [1.29, 1.82) is 0 Å². The number of nitrogens with two attached hydrogens (primary N) is 1. The summed E-state index contributed by atoms with van der Waals surface area (Å²) < 4.78 is 4.53. The number of halogens is 1. The number of rotatable bonds is 4. The van der Waals surface area contributed by atoms with Gasteiger partial charge in [0.2, 0.25) is 0 Å². The molecule has 8 nitrogen and oxygen atoms in total. The van der Waals surface area contributed by atoms with E-state index in [9.17, 15) is 14.4 Å². The molecule has 0 aromatic heterocycles. The zero-order valence-corrected chi connectivity index (χ0v) is 14.4. The number of esters is 1. The van der Waals surface area contributed by atoms with Gasteiger partial charge in [-0.15, -0.1) is 12.4 Å². The van der Waals surface area contributed by atoms with Crippen LogP contribution < -0.4 is 5.84 Å². The number of carbonyl (C=O) groups excluding carboxylic acids is 3. The van der Waals surface area contributed by atoms with Crippen molar-refractivity contribution in [3.63, 3.8) is 0 Å². The fraction of sp³-hybridized carbons (Fsp3) is 0.333. The van der Waals surface area contributed by atoms with E-state index in [1.165, 1.54) is 25.3 Å². The zero-order chi connectivity index (χ0) is 17.2. The number of hydrogen-bond acceptors (Lipinski definition) is 6. The van der Waals surface area contributed by atoms with Gasteiger partial charge in [-0.2, -0.15) is 5.10 Å². The van der Waals surface area contributed by atoms with E-state index >= 15 is 0 Å². The minimum Gasteiger partial charge on any atom is -0.468 e. The molecule has 0 radical (unpaired) electrons. The minimum atomic E-state index is -1.19. The summed E-state index contributed by atoms with van der Waals surface area (Å²) in [5.41, 5.74) is 0.203. The third-order valence-electron chi connectivity index (χ3n) is 4.06. The topological polar surface area (TPSA) is 105 Å². The Morgan fingerprint density at radius 2 is 1.92 bits per heavy atom. The van der Waals surface area contributed by atoms with Crippen molar-refractivity contribution in [3.8, 4) is 0 Å². The van der Waals surface area contributed by atoms with Crippen LogP contribution in [0.5, 0.6) is 0 Å². The van der Waals surface area contributed by atoms with Crippen LogP contribution in [0.15, 0.2) is 29.4 Å². The van der Waals surface area contributed by atoms with Gasteiger partial charge in [-0.25, -0.2) is 4.79 Å². The second-order valence-corrected chi connectivity index (χ2v) is 5.28. The quantitative estimate of drug-likeness (QED) is 0.281. The van der Waals surface area contributed by atoms with Crippen LogP contribution in [0.2, 0.25) is 0 Å². The Bertz CT molecular complexity index is 677. The van der Waals surface area contributed by atoms with Crippen molar-refractivity contribution in [2.45, 2.75) is 12.5 Å². The number of hydrazone groups is 1. The summed E-state index contributed by atoms with van der Waals surface area (Å²) in [5.74, 6) is 3.97. The smallest absolute Gasteiger partial charge is 0.328 e. The molecule has 1 heterocycles. The second-order valence-electron chi connectivity index (χ2n) is 5.28. The Hall–Kier alpha value is -2.61. The molecule has 1 aliphatic heterocycles. The molecule has 0 saturated carbocycles. The van der Waals surface area contributed by atoms with Crippen LogP contribution >= 0.6 is 12.4 Å². The number of likely N-dealkylation sites (N-methyl/N-ethyl adjacent to an activating group) is 1. The highest BCUT2D eigenvalue weighted by molar-refractivity contribution is 6.08. The SMILES string of the molecule is COC(=O)CN1C(=O)N(C)C(C)(c2ccc(/C=N/N)cc2)C1=O.Cl. The number of nitrogens with zero attached hydrogens (tertiary/aromatic N) is 3. The molecule has 1 saturated heterocycles. The molecule has 0 spiro atoms. The molecule has 0 aliphatic carbocycles. The maximum absolute atomic E-state index is 12.7. The number of carbonyl (C=O) groups is 3. The maximum atomic E-state index is 12.7. The molecular formula is C15H19ClN4O4. The molecule has 1 fully saturated rings. The van der Waals surface area contributed by atoms with Gasteiger partial charge in [0, 0.05) is 7.05 Å². The van der Waals surface area contributed by atoms with E-state index < -0.39 is 30.0 Å². The molecule has 9 heteroatoms. The molecule has 3 amide bonds. The van der Waals surface area contributed by atoms with E-state index in [4.69, 9.17) is 5.84 Å². The molecule has 1 aromatic rings. The molecule has 1 atom stereocenters. The average molecular weight is 355 g/mol. The number of imide groups is 1. The van der Waals surface area contributed by atoms with Crippen LogP contribution in [0, 0.1) is 0 Å². The van der Waals surface area contributed by atoms with Gasteiger partial charge in [-0.3, -0.25) is 14.5 Å². The van der Waals surface area contributed by atoms with Gasteiger partial charge in [0.1, 0.15) is 12.1 Å². The monoisotopic (exact) mass is 354 g/mol. The summed E-state index contributed by atoms with van der Waals surface area (Å²) in [6.07, 6.45) is 1.47. The Morgan fingerprint density at radius 1 is 1.33 bits per heavy atom. The van der Waals surface area contributed by atoms with Crippen LogP contribution in [-0.4, -0.2) is 54.6 Å². The number of benzene rings is 1. The standard InChI is InChI=1S/C15H18N4O4.ClH/c1-15(11-6-4-10(5-7-11)8-17-16)13(21)19(9-12(20)23-3)14(22)18(15)2;/h4-8H,9,16H2,1-3H3;1H/b17-8+;. The number of hydrogen-bond donors (Lipinski definition) is 1. The summed E-state index contributed by atoms with van der Waals surface area (Å²) in [6, 6.07) is 6.38. The molecule has 2 N–H and O–H groups in total. The lowest BCUT2D eigenvalue weighted by atomic mass is 9.90. The Kier molecular flexibility index (Phi) is 5.92. The minimum absolute atomic E-state index is 0. The van der Waals surface area contributed by atoms with E-state index in [0.717, 1.165) is 10.5 Å². The van der Waals surface area contributed by atoms with Crippen LogP contribution in [0.25, 0.3) is 0 Å². The number of methoxy groups -OCH3 is 1. The Balaban J connectivity index is 0.00000288. The maximum Gasteiger partial charge on any atom is 0.328 e. The van der Waals surface area contributed by atoms with Gasteiger partial charge in [0.25, 0.3) is 5.91 Å². The van der Waals surface area contributed by atoms with Crippen LogP contribution in [-0.2, 0) is 19.9 Å². The molecule has 130 valence electrons. The van der Waals surface area contributed by atoms with Crippen LogP contribution in [0.4, 0.5) is 4.79 Å². The van der Waals surface area contributed by atoms with Crippen molar-refractivity contribution >= 4 is 36.5 Å². The summed E-state index contributed by atoms with van der Waals surface area (Å²) >= 11 is 0. The van der Waals surface area contributed by atoms with Gasteiger partial charge in [0.05, 0.1) is 13.3 Å². The predicted octanol–water partition coefficient (Wildman–Crippen LogP) is 0.683. The molecular weight excluding hydrogens is 336 g/mol. The van der Waals surface area contributed by atoms with Crippen LogP contribution in [0.3, 0.4) is 0 Å². The summed E-state index contributed by atoms with van der Waals surface area (Å²) in [4.78, 5) is 38.6. The van der Waals surface area contributed by atoms with Crippen molar-refractivity contribution in [2.24, 2.45) is 10.9 Å². The van der Waals surface area contributed by atoms with Gasteiger partial charge < -0.3 is 15.5 Å². The van der Waals surface area contributed by atoms with Crippen molar-refractivity contribution in [3.05, 3.63) is 35.4 Å². The average Bonchev–Trinajstić information content (AvgIpc) is 2.72. The van der Waals surface area contributed by atoms with Crippen molar-refractivity contribution in [1.82, 2.24) is 9.80 Å². The van der Waals surface area contributed by atoms with Gasteiger partial charge in [-0.05, 0) is 18.1 Å². The highest BCUT2D eigenvalue weighted by Gasteiger charge is 2.54. The first-order valence-corrected chi connectivity index (χ1v) is 6.86. The highest BCUT2D eigenvalue weighted by Crippen LogP contribution is 2.35. The predicted molar refractivity (Wildman–Crippen MR) is 89.7 cm³/mol.